The minimum atomic E-state index is -0.710. The topological polar surface area (TPSA) is 116 Å². The predicted molar refractivity (Wildman–Crippen MR) is 118 cm³/mol. The van der Waals surface area contributed by atoms with Gasteiger partial charge in [-0.3, -0.25) is 14.6 Å². The summed E-state index contributed by atoms with van der Waals surface area (Å²) < 4.78 is 16.6. The van der Waals surface area contributed by atoms with Gasteiger partial charge in [0.2, 0.25) is 11.8 Å². The molecule has 10 heteroatoms. The van der Waals surface area contributed by atoms with Crippen molar-refractivity contribution in [1.82, 2.24) is 19.7 Å². The van der Waals surface area contributed by atoms with Crippen LogP contribution in [0, 0.1) is 5.82 Å². The molecule has 1 aromatic carbocycles. The number of benzene rings is 1. The Bertz CT molecular complexity index is 1380. The average Bonchev–Trinajstić information content (AvgIpc) is 3.34. The summed E-state index contributed by atoms with van der Waals surface area (Å²) in [6.45, 7) is 1.42. The molecular weight excluding hydrogens is 431 g/mol. The van der Waals surface area contributed by atoms with E-state index in [0.29, 0.717) is 29.4 Å². The van der Waals surface area contributed by atoms with Crippen molar-refractivity contribution in [3.05, 3.63) is 65.4 Å². The molecule has 4 aromatic rings. The number of pyridine rings is 1. The number of fused-ring (bicyclic) bond motifs is 3. The summed E-state index contributed by atoms with van der Waals surface area (Å²) in [5.74, 6) is -1.55. The Hall–Kier alpha value is -3.92. The molecule has 1 aliphatic rings. The number of nitrogens with one attached hydrogen (secondary N) is 1. The first-order valence-electron chi connectivity index (χ1n) is 9.82. The Morgan fingerprint density at radius 1 is 1.25 bits per heavy atom. The monoisotopic (exact) mass is 448 g/mol. The number of nitrogens with two attached hydrogens (primary N) is 1. The molecule has 0 radical (unpaired) electrons. The van der Waals surface area contributed by atoms with Crippen molar-refractivity contribution in [3.8, 4) is 27.5 Å². The van der Waals surface area contributed by atoms with Crippen LogP contribution in [0.15, 0.2) is 42.7 Å². The number of hydrogen-bond acceptors (Lipinski definition) is 6. The molecule has 160 valence electrons. The van der Waals surface area contributed by atoms with Crippen molar-refractivity contribution >= 4 is 28.3 Å². The molecule has 0 aliphatic heterocycles. The van der Waals surface area contributed by atoms with Crippen LogP contribution in [0.5, 0.6) is 0 Å². The molecule has 2 amide bonds. The van der Waals surface area contributed by atoms with E-state index in [-0.39, 0.29) is 17.2 Å². The van der Waals surface area contributed by atoms with Crippen molar-refractivity contribution < 1.29 is 14.0 Å². The van der Waals surface area contributed by atoms with Crippen LogP contribution in [-0.4, -0.2) is 31.6 Å². The maximum absolute atomic E-state index is 15.1. The summed E-state index contributed by atoms with van der Waals surface area (Å²) in [5.41, 5.74) is 9.54. The minimum Gasteiger partial charge on any atom is -0.366 e. The summed E-state index contributed by atoms with van der Waals surface area (Å²) in [6.07, 6.45) is 4.71. The SMILES string of the molecule is CC(=O)Nc1nc2c(s1)-c1c(c(-c3cccnc3)nn1-c1ccc(C(N)=O)cc1F)CC2. The van der Waals surface area contributed by atoms with E-state index in [2.05, 4.69) is 15.3 Å². The zero-order chi connectivity index (χ0) is 22.4. The number of rotatable bonds is 4. The van der Waals surface area contributed by atoms with Gasteiger partial charge >= 0.3 is 0 Å². The molecule has 0 saturated heterocycles. The highest BCUT2D eigenvalue weighted by Crippen LogP contribution is 2.44. The van der Waals surface area contributed by atoms with E-state index < -0.39 is 11.7 Å². The maximum Gasteiger partial charge on any atom is 0.248 e. The molecule has 0 fully saturated rings. The first-order chi connectivity index (χ1) is 15.4. The zero-order valence-corrected chi connectivity index (χ0v) is 17.7. The Labute approximate surface area is 185 Å². The number of anilines is 1. The second-order valence-electron chi connectivity index (χ2n) is 7.34. The minimum absolute atomic E-state index is 0.0752. The van der Waals surface area contributed by atoms with E-state index >= 15 is 4.39 Å². The van der Waals surface area contributed by atoms with E-state index in [1.54, 1.807) is 12.4 Å². The molecule has 0 bridgehead atoms. The first kappa shape index (κ1) is 20.0. The fourth-order valence-corrected chi connectivity index (χ4v) is 4.93. The van der Waals surface area contributed by atoms with Crippen LogP contribution in [0.4, 0.5) is 9.52 Å². The Balaban J connectivity index is 1.75. The van der Waals surface area contributed by atoms with E-state index in [9.17, 15) is 9.59 Å². The van der Waals surface area contributed by atoms with Gasteiger partial charge in [0.15, 0.2) is 5.13 Å². The lowest BCUT2D eigenvalue weighted by molar-refractivity contribution is -0.114. The van der Waals surface area contributed by atoms with Gasteiger partial charge in [0.25, 0.3) is 0 Å². The Morgan fingerprint density at radius 3 is 2.78 bits per heavy atom. The van der Waals surface area contributed by atoms with Crippen LogP contribution < -0.4 is 11.1 Å². The Kier molecular flexibility index (Phi) is 4.78. The number of carbonyl (C=O) groups excluding carboxylic acids is 2. The van der Waals surface area contributed by atoms with Gasteiger partial charge in [-0.2, -0.15) is 5.10 Å². The number of hydrogen-bond donors (Lipinski definition) is 2. The predicted octanol–water partition coefficient (Wildman–Crippen LogP) is 3.35. The number of amides is 2. The van der Waals surface area contributed by atoms with Gasteiger partial charge < -0.3 is 11.1 Å². The highest BCUT2D eigenvalue weighted by atomic mass is 32.1. The lowest BCUT2D eigenvalue weighted by Gasteiger charge is -2.14. The molecular formula is C22H17FN6O2S. The number of thiazole rings is 1. The van der Waals surface area contributed by atoms with Crippen LogP contribution >= 0.6 is 11.3 Å². The molecule has 3 N–H and O–H groups in total. The average molecular weight is 448 g/mol. The van der Waals surface area contributed by atoms with Crippen LogP contribution in [0.3, 0.4) is 0 Å². The fraction of sp³-hybridized carbons (Fsp3) is 0.136. The van der Waals surface area contributed by atoms with Gasteiger partial charge in [0.05, 0.1) is 22.0 Å². The lowest BCUT2D eigenvalue weighted by atomic mass is 9.95. The number of primary amides is 1. The number of aryl methyl sites for hydroxylation is 1. The second kappa shape index (κ2) is 7.65. The molecule has 1 aliphatic carbocycles. The molecule has 32 heavy (non-hydrogen) atoms. The van der Waals surface area contributed by atoms with Crippen molar-refractivity contribution in [2.45, 2.75) is 19.8 Å². The summed E-state index contributed by atoms with van der Waals surface area (Å²) in [5, 5.41) is 7.96. The van der Waals surface area contributed by atoms with Crippen molar-refractivity contribution in [1.29, 1.82) is 0 Å². The smallest absolute Gasteiger partial charge is 0.248 e. The van der Waals surface area contributed by atoms with Gasteiger partial charge in [-0.05, 0) is 43.2 Å². The van der Waals surface area contributed by atoms with Crippen LogP contribution in [0.1, 0.15) is 28.5 Å². The van der Waals surface area contributed by atoms with Crippen molar-refractivity contribution in [2.75, 3.05) is 5.32 Å². The third kappa shape index (κ3) is 3.34. The van der Waals surface area contributed by atoms with Crippen LogP contribution in [-0.2, 0) is 17.6 Å². The quantitative estimate of drug-likeness (QED) is 0.497. The second-order valence-corrected chi connectivity index (χ2v) is 8.33. The third-order valence-corrected chi connectivity index (χ3v) is 6.21. The van der Waals surface area contributed by atoms with Gasteiger partial charge in [-0.1, -0.05) is 11.3 Å². The summed E-state index contributed by atoms with van der Waals surface area (Å²) in [6, 6.07) is 7.78. The molecule has 0 unspecified atom stereocenters. The first-order valence-corrected chi connectivity index (χ1v) is 10.6. The van der Waals surface area contributed by atoms with E-state index in [4.69, 9.17) is 10.8 Å². The van der Waals surface area contributed by atoms with Crippen LogP contribution in [0.25, 0.3) is 27.5 Å². The molecule has 3 aromatic heterocycles. The molecule has 0 saturated carbocycles. The van der Waals surface area contributed by atoms with Crippen molar-refractivity contribution in [2.24, 2.45) is 5.73 Å². The normalized spacial score (nSPS) is 12.2. The maximum atomic E-state index is 15.1. The standard InChI is InChI=1S/C22H17FN6O2S/c1-11(30)26-22-27-16-6-5-14-18(13-3-2-8-25-10-13)28-29(19(14)20(16)32-22)17-7-4-12(21(24)31)9-15(17)23/h2-4,7-10H,5-6H2,1H3,(H2,24,31)(H,26,27,30). The molecule has 8 nitrogen and oxygen atoms in total. The van der Waals surface area contributed by atoms with E-state index in [1.165, 1.54) is 35.1 Å². The highest BCUT2D eigenvalue weighted by molar-refractivity contribution is 7.19. The highest BCUT2D eigenvalue weighted by Gasteiger charge is 2.30. The van der Waals surface area contributed by atoms with Gasteiger partial charge in [0, 0.05) is 36.0 Å². The fourth-order valence-electron chi connectivity index (χ4n) is 3.82. The molecule has 0 atom stereocenters. The summed E-state index contributed by atoms with van der Waals surface area (Å²) in [4.78, 5) is 32.5. The van der Waals surface area contributed by atoms with Crippen molar-refractivity contribution in [3.63, 3.8) is 0 Å². The summed E-state index contributed by atoms with van der Waals surface area (Å²) >= 11 is 1.32. The Morgan fingerprint density at radius 2 is 2.09 bits per heavy atom. The van der Waals surface area contributed by atoms with Gasteiger partial charge in [-0.15, -0.1) is 0 Å². The largest absolute Gasteiger partial charge is 0.366 e. The third-order valence-electron chi connectivity index (χ3n) is 5.19. The van der Waals surface area contributed by atoms with E-state index in [1.807, 2.05) is 12.1 Å². The van der Waals surface area contributed by atoms with Gasteiger partial charge in [0.1, 0.15) is 11.5 Å². The number of nitrogens with zero attached hydrogens (tertiary/aromatic N) is 4. The van der Waals surface area contributed by atoms with Gasteiger partial charge in [-0.25, -0.2) is 14.1 Å². The number of aromatic nitrogens is 4. The lowest BCUT2D eigenvalue weighted by Crippen LogP contribution is -2.12. The number of halogens is 1. The zero-order valence-electron chi connectivity index (χ0n) is 16.9. The molecule has 3 heterocycles. The molecule has 0 spiro atoms. The molecule has 5 rings (SSSR count). The van der Waals surface area contributed by atoms with Crippen LogP contribution in [0.2, 0.25) is 0 Å². The van der Waals surface area contributed by atoms with E-state index in [0.717, 1.165) is 27.8 Å². The summed E-state index contributed by atoms with van der Waals surface area (Å²) in [7, 11) is 0. The number of carbonyl (C=O) groups is 2.